The first-order valence-corrected chi connectivity index (χ1v) is 11.8. The van der Waals surface area contributed by atoms with Gasteiger partial charge < -0.3 is 15.0 Å². The zero-order valence-electron chi connectivity index (χ0n) is 20.0. The van der Waals surface area contributed by atoms with Crippen LogP contribution in [-0.4, -0.2) is 34.2 Å². The number of nitrogens with zero attached hydrogens (tertiary/aromatic N) is 4. The van der Waals surface area contributed by atoms with Gasteiger partial charge in [0.1, 0.15) is 11.5 Å². The standard InChI is InChI=1S/C27H29N5O3/c1-19-25(20(2)32(30-19)16-6-15-28)13-14-26(33)29-21-17-27(34)31(18-21)22-9-11-24(12-10-22)35-23-7-4-3-5-8-23/h3-5,7-12,21H,6,13-14,16-18H2,1-2H3,(H,29,33). The summed E-state index contributed by atoms with van der Waals surface area (Å²) in [5, 5.41) is 16.3. The SMILES string of the molecule is Cc1nn(CCC#N)c(C)c1CCC(=O)NC1CC(=O)N(c2ccc(Oc3ccccc3)cc2)C1. The molecule has 0 aliphatic carbocycles. The molecule has 1 aliphatic heterocycles. The molecule has 180 valence electrons. The second kappa shape index (κ2) is 10.9. The van der Waals surface area contributed by atoms with Crippen LogP contribution in [0, 0.1) is 25.2 Å². The van der Waals surface area contributed by atoms with Crippen LogP contribution in [-0.2, 0) is 22.6 Å². The molecule has 0 bridgehead atoms. The lowest BCUT2D eigenvalue weighted by atomic mass is 10.1. The van der Waals surface area contributed by atoms with E-state index in [2.05, 4.69) is 16.5 Å². The van der Waals surface area contributed by atoms with Gasteiger partial charge in [-0.05, 0) is 62.2 Å². The Morgan fingerprint density at radius 1 is 1.14 bits per heavy atom. The highest BCUT2D eigenvalue weighted by Gasteiger charge is 2.31. The summed E-state index contributed by atoms with van der Waals surface area (Å²) in [5.74, 6) is 1.34. The van der Waals surface area contributed by atoms with Crippen molar-refractivity contribution < 1.29 is 14.3 Å². The molecule has 1 atom stereocenters. The highest BCUT2D eigenvalue weighted by molar-refractivity contribution is 5.96. The minimum absolute atomic E-state index is 0.0162. The number of amides is 2. The first-order valence-electron chi connectivity index (χ1n) is 11.8. The van der Waals surface area contributed by atoms with E-state index in [0.29, 0.717) is 38.1 Å². The van der Waals surface area contributed by atoms with Crippen molar-refractivity contribution in [3.05, 3.63) is 71.5 Å². The van der Waals surface area contributed by atoms with Gasteiger partial charge in [-0.25, -0.2) is 0 Å². The summed E-state index contributed by atoms with van der Waals surface area (Å²) in [6.07, 6.45) is 1.57. The average Bonchev–Trinajstić information content (AvgIpc) is 3.35. The van der Waals surface area contributed by atoms with Gasteiger partial charge in [0.05, 0.1) is 30.8 Å². The van der Waals surface area contributed by atoms with Crippen LogP contribution >= 0.6 is 0 Å². The number of benzene rings is 2. The summed E-state index contributed by atoms with van der Waals surface area (Å²) in [7, 11) is 0. The van der Waals surface area contributed by atoms with E-state index in [-0.39, 0.29) is 24.3 Å². The molecule has 3 aromatic rings. The van der Waals surface area contributed by atoms with E-state index in [4.69, 9.17) is 10.00 Å². The van der Waals surface area contributed by atoms with Crippen molar-refractivity contribution in [3.63, 3.8) is 0 Å². The minimum atomic E-state index is -0.226. The maximum atomic E-state index is 12.6. The fourth-order valence-electron chi connectivity index (χ4n) is 4.38. The lowest BCUT2D eigenvalue weighted by Crippen LogP contribution is -2.37. The number of hydrogen-bond acceptors (Lipinski definition) is 5. The average molecular weight is 472 g/mol. The maximum absolute atomic E-state index is 12.6. The van der Waals surface area contributed by atoms with Crippen molar-refractivity contribution in [3.8, 4) is 17.6 Å². The molecule has 8 heteroatoms. The van der Waals surface area contributed by atoms with Crippen LogP contribution in [0.2, 0.25) is 0 Å². The summed E-state index contributed by atoms with van der Waals surface area (Å²) < 4.78 is 7.65. The molecular weight excluding hydrogens is 442 g/mol. The largest absolute Gasteiger partial charge is 0.457 e. The molecule has 1 N–H and O–H groups in total. The number of carbonyl (C=O) groups excluding carboxylic acids is 2. The van der Waals surface area contributed by atoms with Crippen LogP contribution in [0.15, 0.2) is 54.6 Å². The Morgan fingerprint density at radius 3 is 2.57 bits per heavy atom. The number of aryl methyl sites for hydroxylation is 2. The van der Waals surface area contributed by atoms with Crippen LogP contribution in [0.3, 0.4) is 0 Å². The van der Waals surface area contributed by atoms with E-state index in [0.717, 1.165) is 28.4 Å². The van der Waals surface area contributed by atoms with Gasteiger partial charge in [-0.2, -0.15) is 10.4 Å². The fourth-order valence-corrected chi connectivity index (χ4v) is 4.38. The van der Waals surface area contributed by atoms with Gasteiger partial charge in [-0.15, -0.1) is 0 Å². The number of rotatable bonds is 9. The van der Waals surface area contributed by atoms with Crippen molar-refractivity contribution in [1.82, 2.24) is 15.1 Å². The van der Waals surface area contributed by atoms with Gasteiger partial charge in [0.15, 0.2) is 0 Å². The van der Waals surface area contributed by atoms with Gasteiger partial charge in [-0.1, -0.05) is 18.2 Å². The summed E-state index contributed by atoms with van der Waals surface area (Å²) in [4.78, 5) is 26.9. The number of hydrogen-bond donors (Lipinski definition) is 1. The molecule has 2 aromatic carbocycles. The summed E-state index contributed by atoms with van der Waals surface area (Å²) in [5.41, 5.74) is 3.70. The van der Waals surface area contributed by atoms with Gasteiger partial charge >= 0.3 is 0 Å². The summed E-state index contributed by atoms with van der Waals surface area (Å²) >= 11 is 0. The molecule has 0 spiro atoms. The Bertz CT molecular complexity index is 1230. The number of para-hydroxylation sites is 1. The topological polar surface area (TPSA) is 100 Å². The number of nitrogens with one attached hydrogen (secondary N) is 1. The van der Waals surface area contributed by atoms with Gasteiger partial charge in [-0.3, -0.25) is 14.3 Å². The van der Waals surface area contributed by atoms with E-state index in [1.54, 1.807) is 4.90 Å². The number of carbonyl (C=O) groups is 2. The lowest BCUT2D eigenvalue weighted by Gasteiger charge is -2.18. The molecule has 1 aromatic heterocycles. The molecular formula is C27H29N5O3. The predicted octanol–water partition coefficient (Wildman–Crippen LogP) is 4.06. The molecule has 0 radical (unpaired) electrons. The molecule has 0 saturated carbocycles. The smallest absolute Gasteiger partial charge is 0.229 e. The van der Waals surface area contributed by atoms with Crippen molar-refractivity contribution in [1.29, 1.82) is 5.26 Å². The molecule has 4 rings (SSSR count). The monoisotopic (exact) mass is 471 g/mol. The third-order valence-corrected chi connectivity index (χ3v) is 6.19. The van der Waals surface area contributed by atoms with E-state index < -0.39 is 0 Å². The molecule has 2 amide bonds. The minimum Gasteiger partial charge on any atom is -0.457 e. The normalized spacial score (nSPS) is 15.2. The fraction of sp³-hybridized carbons (Fsp3) is 0.333. The zero-order valence-corrected chi connectivity index (χ0v) is 20.0. The predicted molar refractivity (Wildman–Crippen MR) is 132 cm³/mol. The highest BCUT2D eigenvalue weighted by atomic mass is 16.5. The van der Waals surface area contributed by atoms with Gasteiger partial charge in [0.25, 0.3) is 0 Å². The van der Waals surface area contributed by atoms with Crippen LogP contribution < -0.4 is 15.0 Å². The van der Waals surface area contributed by atoms with Crippen LogP contribution in [0.4, 0.5) is 5.69 Å². The molecule has 1 fully saturated rings. The number of ether oxygens (including phenoxy) is 1. The number of anilines is 1. The first kappa shape index (κ1) is 24.0. The van der Waals surface area contributed by atoms with Gasteiger partial charge in [0.2, 0.25) is 11.8 Å². The maximum Gasteiger partial charge on any atom is 0.229 e. The molecule has 35 heavy (non-hydrogen) atoms. The Labute approximate surface area is 205 Å². The Morgan fingerprint density at radius 2 is 1.86 bits per heavy atom. The van der Waals surface area contributed by atoms with Gasteiger partial charge in [0, 0.05) is 30.8 Å². The third-order valence-electron chi connectivity index (χ3n) is 6.19. The number of aromatic nitrogens is 2. The first-order chi connectivity index (χ1) is 16.9. The summed E-state index contributed by atoms with van der Waals surface area (Å²) in [6, 6.07) is 18.8. The van der Waals surface area contributed by atoms with Crippen LogP contribution in [0.5, 0.6) is 11.5 Å². The molecule has 1 unspecified atom stereocenters. The molecule has 2 heterocycles. The second-order valence-electron chi connectivity index (χ2n) is 8.66. The molecule has 8 nitrogen and oxygen atoms in total. The second-order valence-corrected chi connectivity index (χ2v) is 8.66. The lowest BCUT2D eigenvalue weighted by molar-refractivity contribution is -0.121. The third kappa shape index (κ3) is 5.87. The summed E-state index contributed by atoms with van der Waals surface area (Å²) in [6.45, 7) is 4.88. The van der Waals surface area contributed by atoms with Crippen molar-refractivity contribution in [2.75, 3.05) is 11.4 Å². The molecule has 1 aliphatic rings. The van der Waals surface area contributed by atoms with E-state index in [9.17, 15) is 9.59 Å². The van der Waals surface area contributed by atoms with Crippen molar-refractivity contribution in [2.24, 2.45) is 0 Å². The van der Waals surface area contributed by atoms with E-state index in [1.807, 2.05) is 73.1 Å². The van der Waals surface area contributed by atoms with E-state index in [1.165, 1.54) is 0 Å². The quantitative estimate of drug-likeness (QED) is 0.507. The number of nitriles is 1. The van der Waals surface area contributed by atoms with Crippen molar-refractivity contribution in [2.45, 2.75) is 52.1 Å². The van der Waals surface area contributed by atoms with Crippen LogP contribution in [0.25, 0.3) is 0 Å². The Kier molecular flexibility index (Phi) is 7.46. The Balaban J connectivity index is 1.29. The van der Waals surface area contributed by atoms with E-state index >= 15 is 0 Å². The Hall–Kier alpha value is -4.12. The zero-order chi connectivity index (χ0) is 24.8. The highest BCUT2D eigenvalue weighted by Crippen LogP contribution is 2.27. The molecule has 1 saturated heterocycles. The van der Waals surface area contributed by atoms with Crippen LogP contribution in [0.1, 0.15) is 36.2 Å². The van der Waals surface area contributed by atoms with Crippen molar-refractivity contribution >= 4 is 17.5 Å².